The molecule has 3 N–H and O–H groups in total. The van der Waals surface area contributed by atoms with Crippen LogP contribution in [0.3, 0.4) is 0 Å². The van der Waals surface area contributed by atoms with Gasteiger partial charge in [0.25, 0.3) is 0 Å². The van der Waals surface area contributed by atoms with Crippen LogP contribution in [0.1, 0.15) is 19.8 Å². The van der Waals surface area contributed by atoms with E-state index in [0.717, 1.165) is 31.7 Å². The molecule has 15 heavy (non-hydrogen) atoms. The third-order valence-electron chi connectivity index (χ3n) is 2.31. The molecule has 0 spiro atoms. The van der Waals surface area contributed by atoms with Crippen molar-refractivity contribution in [3.63, 3.8) is 0 Å². The van der Waals surface area contributed by atoms with Crippen molar-refractivity contribution >= 4 is 17.4 Å². The molecular formula is C11H18ClN3. The Labute approximate surface area is 96.0 Å². The highest BCUT2D eigenvalue weighted by Crippen LogP contribution is 2.10. The van der Waals surface area contributed by atoms with Crippen molar-refractivity contribution in [1.82, 2.24) is 4.98 Å². The van der Waals surface area contributed by atoms with Gasteiger partial charge < -0.3 is 11.1 Å². The van der Waals surface area contributed by atoms with Crippen molar-refractivity contribution in [3.05, 3.63) is 23.4 Å². The summed E-state index contributed by atoms with van der Waals surface area (Å²) in [4.78, 5) is 4.15. The molecule has 0 aliphatic heterocycles. The van der Waals surface area contributed by atoms with E-state index in [1.807, 2.05) is 12.1 Å². The first-order valence-corrected chi connectivity index (χ1v) is 5.65. The van der Waals surface area contributed by atoms with E-state index in [1.165, 1.54) is 0 Å². The van der Waals surface area contributed by atoms with Gasteiger partial charge in [-0.2, -0.15) is 0 Å². The lowest BCUT2D eigenvalue weighted by atomic mass is 10.1. The molecule has 0 fully saturated rings. The Bertz CT molecular complexity index is 274. The fraction of sp³-hybridized carbons (Fsp3) is 0.545. The van der Waals surface area contributed by atoms with E-state index in [0.29, 0.717) is 10.9 Å². The number of rotatable bonds is 6. The molecule has 0 amide bonds. The number of halogens is 1. The van der Waals surface area contributed by atoms with Crippen LogP contribution in [0.5, 0.6) is 0 Å². The van der Waals surface area contributed by atoms with E-state index in [9.17, 15) is 0 Å². The van der Waals surface area contributed by atoms with E-state index < -0.39 is 0 Å². The number of pyridine rings is 1. The predicted molar refractivity (Wildman–Crippen MR) is 65.2 cm³/mol. The second-order valence-electron chi connectivity index (χ2n) is 3.77. The molecule has 0 saturated heterocycles. The summed E-state index contributed by atoms with van der Waals surface area (Å²) in [5, 5.41) is 3.90. The first-order valence-electron chi connectivity index (χ1n) is 5.28. The van der Waals surface area contributed by atoms with Crippen molar-refractivity contribution < 1.29 is 0 Å². The average Bonchev–Trinajstić information content (AvgIpc) is 2.26. The summed E-state index contributed by atoms with van der Waals surface area (Å²) in [6.45, 7) is 3.86. The molecule has 0 bridgehead atoms. The van der Waals surface area contributed by atoms with Gasteiger partial charge in [0.05, 0.1) is 5.02 Å². The monoisotopic (exact) mass is 227 g/mol. The minimum Gasteiger partial charge on any atom is -0.370 e. The van der Waals surface area contributed by atoms with Gasteiger partial charge in [0.2, 0.25) is 0 Å². The number of nitrogens with one attached hydrogen (secondary N) is 1. The van der Waals surface area contributed by atoms with Crippen LogP contribution in [0, 0.1) is 5.92 Å². The van der Waals surface area contributed by atoms with Gasteiger partial charge in [-0.3, -0.25) is 0 Å². The third-order valence-corrected chi connectivity index (χ3v) is 2.53. The quantitative estimate of drug-likeness (QED) is 0.735. The highest BCUT2D eigenvalue weighted by molar-refractivity contribution is 6.30. The molecule has 3 nitrogen and oxygen atoms in total. The van der Waals surface area contributed by atoms with Gasteiger partial charge in [-0.25, -0.2) is 4.98 Å². The van der Waals surface area contributed by atoms with Crippen LogP contribution in [-0.2, 0) is 0 Å². The molecule has 0 aliphatic rings. The molecule has 0 aliphatic carbocycles. The second kappa shape index (κ2) is 6.64. The van der Waals surface area contributed by atoms with Gasteiger partial charge in [-0.05, 0) is 37.4 Å². The number of hydrogen-bond donors (Lipinski definition) is 2. The molecule has 0 saturated carbocycles. The smallest absolute Gasteiger partial charge is 0.125 e. The molecule has 1 unspecified atom stereocenters. The number of hydrogen-bond acceptors (Lipinski definition) is 3. The zero-order chi connectivity index (χ0) is 11.1. The van der Waals surface area contributed by atoms with Crippen LogP contribution < -0.4 is 11.1 Å². The average molecular weight is 228 g/mol. The summed E-state index contributed by atoms with van der Waals surface area (Å²) >= 11 is 5.73. The fourth-order valence-electron chi connectivity index (χ4n) is 1.27. The first-order chi connectivity index (χ1) is 7.22. The summed E-state index contributed by atoms with van der Waals surface area (Å²) in [5.41, 5.74) is 5.53. The normalized spacial score (nSPS) is 12.5. The van der Waals surface area contributed by atoms with Gasteiger partial charge >= 0.3 is 0 Å². The number of aromatic nitrogens is 1. The first kappa shape index (κ1) is 12.3. The summed E-state index contributed by atoms with van der Waals surface area (Å²) < 4.78 is 0. The molecule has 1 heterocycles. The van der Waals surface area contributed by atoms with Gasteiger partial charge in [0.1, 0.15) is 5.82 Å². The molecule has 0 radical (unpaired) electrons. The topological polar surface area (TPSA) is 50.9 Å². The van der Waals surface area contributed by atoms with Crippen LogP contribution in [-0.4, -0.2) is 18.1 Å². The molecule has 1 atom stereocenters. The SMILES string of the molecule is CC(CN)CCCNc1ccc(Cl)cn1. The zero-order valence-corrected chi connectivity index (χ0v) is 9.80. The molecule has 84 valence electrons. The maximum Gasteiger partial charge on any atom is 0.125 e. The minimum atomic E-state index is 0.602. The fourth-order valence-corrected chi connectivity index (χ4v) is 1.38. The lowest BCUT2D eigenvalue weighted by Gasteiger charge is -2.08. The summed E-state index contributed by atoms with van der Waals surface area (Å²) in [6, 6.07) is 3.72. The molecule has 1 rings (SSSR count). The summed E-state index contributed by atoms with van der Waals surface area (Å²) in [7, 11) is 0. The highest BCUT2D eigenvalue weighted by atomic mass is 35.5. The lowest BCUT2D eigenvalue weighted by Crippen LogP contribution is -2.12. The standard InChI is InChI=1S/C11H18ClN3/c1-9(7-13)3-2-6-14-11-5-4-10(12)8-15-11/h4-5,8-9H,2-3,6-7,13H2,1H3,(H,14,15). The molecule has 1 aromatic heterocycles. The van der Waals surface area contributed by atoms with Crippen molar-refractivity contribution in [1.29, 1.82) is 0 Å². The second-order valence-corrected chi connectivity index (χ2v) is 4.21. The van der Waals surface area contributed by atoms with Gasteiger partial charge in [0, 0.05) is 12.7 Å². The van der Waals surface area contributed by atoms with Crippen LogP contribution in [0.25, 0.3) is 0 Å². The predicted octanol–water partition coefficient (Wildman–Crippen LogP) is 2.52. The van der Waals surface area contributed by atoms with E-state index in [4.69, 9.17) is 17.3 Å². The molecule has 0 aromatic carbocycles. The Hall–Kier alpha value is -0.800. The van der Waals surface area contributed by atoms with Crippen LogP contribution in [0.2, 0.25) is 5.02 Å². The minimum absolute atomic E-state index is 0.602. The Kier molecular flexibility index (Phi) is 5.43. The van der Waals surface area contributed by atoms with Gasteiger partial charge in [-0.1, -0.05) is 18.5 Å². The number of nitrogens with zero attached hydrogens (tertiary/aromatic N) is 1. The van der Waals surface area contributed by atoms with Gasteiger partial charge in [0.15, 0.2) is 0 Å². The van der Waals surface area contributed by atoms with Crippen LogP contribution >= 0.6 is 11.6 Å². The third kappa shape index (κ3) is 5.00. The van der Waals surface area contributed by atoms with Crippen LogP contribution in [0.4, 0.5) is 5.82 Å². The highest BCUT2D eigenvalue weighted by Gasteiger charge is 1.98. The van der Waals surface area contributed by atoms with Crippen molar-refractivity contribution in [2.45, 2.75) is 19.8 Å². The van der Waals surface area contributed by atoms with E-state index in [1.54, 1.807) is 6.20 Å². The molecule has 4 heteroatoms. The van der Waals surface area contributed by atoms with E-state index >= 15 is 0 Å². The zero-order valence-electron chi connectivity index (χ0n) is 9.04. The van der Waals surface area contributed by atoms with Crippen LogP contribution in [0.15, 0.2) is 18.3 Å². The Morgan fingerprint density at radius 1 is 1.53 bits per heavy atom. The maximum atomic E-state index is 5.73. The van der Waals surface area contributed by atoms with E-state index in [2.05, 4.69) is 17.2 Å². The number of anilines is 1. The summed E-state index contributed by atoms with van der Waals surface area (Å²) in [6.07, 6.45) is 3.91. The summed E-state index contributed by atoms with van der Waals surface area (Å²) in [5.74, 6) is 1.48. The van der Waals surface area contributed by atoms with Crippen molar-refractivity contribution in [2.24, 2.45) is 11.7 Å². The lowest BCUT2D eigenvalue weighted by molar-refractivity contribution is 0.529. The van der Waals surface area contributed by atoms with E-state index in [-0.39, 0.29) is 0 Å². The van der Waals surface area contributed by atoms with Gasteiger partial charge in [-0.15, -0.1) is 0 Å². The molecule has 1 aromatic rings. The maximum absolute atomic E-state index is 5.73. The Morgan fingerprint density at radius 3 is 2.93 bits per heavy atom. The Morgan fingerprint density at radius 2 is 2.33 bits per heavy atom. The molecular weight excluding hydrogens is 210 g/mol. The number of nitrogens with two attached hydrogens (primary N) is 1. The van der Waals surface area contributed by atoms with Crippen molar-refractivity contribution in [3.8, 4) is 0 Å². The van der Waals surface area contributed by atoms with Crippen molar-refractivity contribution in [2.75, 3.05) is 18.4 Å². The largest absolute Gasteiger partial charge is 0.370 e. The Balaban J connectivity index is 2.17.